The van der Waals surface area contributed by atoms with Crippen LogP contribution in [-0.2, 0) is 4.74 Å². The van der Waals surface area contributed by atoms with Crippen molar-refractivity contribution < 1.29 is 14.6 Å². The van der Waals surface area contributed by atoms with Crippen LogP contribution in [-0.4, -0.2) is 42.5 Å². The van der Waals surface area contributed by atoms with Gasteiger partial charge in [0.2, 0.25) is 0 Å². The Bertz CT molecular complexity index is 364. The molecule has 0 aliphatic heterocycles. The van der Waals surface area contributed by atoms with Crippen molar-refractivity contribution in [3.8, 4) is 0 Å². The van der Waals surface area contributed by atoms with E-state index in [1.807, 2.05) is 20.8 Å². The maximum atomic E-state index is 11.8. The largest absolute Gasteiger partial charge is 0.444 e. The Morgan fingerprint density at radius 1 is 1.22 bits per heavy atom. The molecule has 5 nitrogen and oxygen atoms in total. The first-order chi connectivity index (χ1) is 10.6. The molecule has 136 valence electrons. The van der Waals surface area contributed by atoms with Gasteiger partial charge in [0.1, 0.15) is 5.60 Å². The summed E-state index contributed by atoms with van der Waals surface area (Å²) < 4.78 is 5.30. The molecule has 0 saturated heterocycles. The van der Waals surface area contributed by atoms with Crippen molar-refractivity contribution in [3.05, 3.63) is 0 Å². The number of alkyl carbamates (subject to hydrolysis) is 1. The van der Waals surface area contributed by atoms with Crippen LogP contribution < -0.4 is 10.6 Å². The van der Waals surface area contributed by atoms with Gasteiger partial charge < -0.3 is 20.5 Å². The lowest BCUT2D eigenvalue weighted by Gasteiger charge is -2.29. The summed E-state index contributed by atoms with van der Waals surface area (Å²) in [4.78, 5) is 11.8. The van der Waals surface area contributed by atoms with E-state index in [1.165, 1.54) is 6.42 Å². The highest BCUT2D eigenvalue weighted by molar-refractivity contribution is 5.67. The first-order valence-corrected chi connectivity index (χ1v) is 8.94. The van der Waals surface area contributed by atoms with Gasteiger partial charge in [-0.3, -0.25) is 0 Å². The molecule has 0 aromatic carbocycles. The molecule has 1 fully saturated rings. The molecular formula is C18H36N2O3. The Labute approximate surface area is 141 Å². The van der Waals surface area contributed by atoms with E-state index in [4.69, 9.17) is 9.84 Å². The zero-order chi connectivity index (χ0) is 17.5. The SMILES string of the molecule is CC(C)(CCCO)CNC1CCCC1CNC(=O)OC(C)(C)C. The molecule has 0 heterocycles. The summed E-state index contributed by atoms with van der Waals surface area (Å²) in [7, 11) is 0. The second-order valence-corrected chi connectivity index (χ2v) is 8.55. The minimum Gasteiger partial charge on any atom is -0.444 e. The Hall–Kier alpha value is -0.810. The number of rotatable bonds is 8. The van der Waals surface area contributed by atoms with Crippen LogP contribution in [0.4, 0.5) is 4.79 Å². The fraction of sp³-hybridized carbons (Fsp3) is 0.944. The van der Waals surface area contributed by atoms with Crippen molar-refractivity contribution >= 4 is 6.09 Å². The van der Waals surface area contributed by atoms with Crippen LogP contribution in [0, 0.1) is 11.3 Å². The van der Waals surface area contributed by atoms with Gasteiger partial charge in [-0.05, 0) is 57.8 Å². The summed E-state index contributed by atoms with van der Waals surface area (Å²) in [5.74, 6) is 0.469. The van der Waals surface area contributed by atoms with Crippen LogP contribution in [0.1, 0.15) is 66.7 Å². The van der Waals surface area contributed by atoms with Gasteiger partial charge in [-0.2, -0.15) is 0 Å². The molecule has 1 amide bonds. The predicted molar refractivity (Wildman–Crippen MR) is 93.5 cm³/mol. The van der Waals surface area contributed by atoms with E-state index in [-0.39, 0.29) is 18.1 Å². The second-order valence-electron chi connectivity index (χ2n) is 8.55. The zero-order valence-electron chi connectivity index (χ0n) is 15.6. The molecule has 0 radical (unpaired) electrons. The van der Waals surface area contributed by atoms with E-state index < -0.39 is 5.60 Å². The third-order valence-electron chi connectivity index (χ3n) is 4.42. The van der Waals surface area contributed by atoms with Gasteiger partial charge in [-0.15, -0.1) is 0 Å². The summed E-state index contributed by atoms with van der Waals surface area (Å²) >= 11 is 0. The molecule has 1 aliphatic carbocycles. The molecule has 0 aromatic rings. The molecule has 0 bridgehead atoms. The molecule has 3 N–H and O–H groups in total. The molecule has 0 spiro atoms. The molecule has 1 saturated carbocycles. The molecule has 1 rings (SSSR count). The van der Waals surface area contributed by atoms with E-state index in [9.17, 15) is 4.79 Å². The third-order valence-corrected chi connectivity index (χ3v) is 4.42. The van der Waals surface area contributed by atoms with Crippen LogP contribution in [0.2, 0.25) is 0 Å². The molecule has 1 aliphatic rings. The Morgan fingerprint density at radius 2 is 1.91 bits per heavy atom. The average Bonchev–Trinajstić information content (AvgIpc) is 2.86. The normalized spacial score (nSPS) is 22.2. The maximum absolute atomic E-state index is 11.8. The molecule has 23 heavy (non-hydrogen) atoms. The fourth-order valence-electron chi connectivity index (χ4n) is 3.13. The summed E-state index contributed by atoms with van der Waals surface area (Å²) in [5, 5.41) is 15.6. The number of nitrogens with one attached hydrogen (secondary N) is 2. The number of hydrogen-bond donors (Lipinski definition) is 3. The Balaban J connectivity index is 2.35. The van der Waals surface area contributed by atoms with Crippen molar-refractivity contribution in [2.45, 2.75) is 78.4 Å². The summed E-state index contributed by atoms with van der Waals surface area (Å²) in [5.41, 5.74) is -0.261. The van der Waals surface area contributed by atoms with Gasteiger partial charge in [0.25, 0.3) is 0 Å². The minimum atomic E-state index is -0.450. The van der Waals surface area contributed by atoms with Crippen molar-refractivity contribution in [3.63, 3.8) is 0 Å². The summed E-state index contributed by atoms with van der Waals surface area (Å²) in [6.45, 7) is 12.0. The van der Waals surface area contributed by atoms with E-state index in [2.05, 4.69) is 24.5 Å². The number of amides is 1. The summed E-state index contributed by atoms with van der Waals surface area (Å²) in [6.07, 6.45) is 5.05. The Morgan fingerprint density at radius 3 is 2.52 bits per heavy atom. The third kappa shape index (κ3) is 8.56. The van der Waals surface area contributed by atoms with E-state index in [0.717, 1.165) is 32.2 Å². The standard InChI is InChI=1S/C18H36N2O3/c1-17(2,3)23-16(22)19-12-14-8-6-9-15(14)20-13-18(4,5)10-7-11-21/h14-15,20-21H,6-13H2,1-5H3,(H,19,22). The highest BCUT2D eigenvalue weighted by Gasteiger charge is 2.29. The zero-order valence-corrected chi connectivity index (χ0v) is 15.6. The second kappa shape index (κ2) is 8.88. The molecule has 2 unspecified atom stereocenters. The van der Waals surface area contributed by atoms with E-state index in [1.54, 1.807) is 0 Å². The fourth-order valence-corrected chi connectivity index (χ4v) is 3.13. The molecule has 5 heteroatoms. The number of carbonyl (C=O) groups excluding carboxylic acids is 1. The van der Waals surface area contributed by atoms with Gasteiger partial charge >= 0.3 is 6.09 Å². The number of carbonyl (C=O) groups is 1. The first kappa shape index (κ1) is 20.2. The van der Waals surface area contributed by atoms with Crippen LogP contribution in [0.15, 0.2) is 0 Å². The summed E-state index contributed by atoms with van der Waals surface area (Å²) in [6, 6.07) is 0.457. The van der Waals surface area contributed by atoms with Gasteiger partial charge in [-0.1, -0.05) is 20.3 Å². The molecular weight excluding hydrogens is 292 g/mol. The van der Waals surface area contributed by atoms with E-state index in [0.29, 0.717) is 18.5 Å². The van der Waals surface area contributed by atoms with E-state index >= 15 is 0 Å². The highest BCUT2D eigenvalue weighted by atomic mass is 16.6. The number of aliphatic hydroxyl groups excluding tert-OH is 1. The van der Waals surface area contributed by atoms with Crippen molar-refractivity contribution in [2.24, 2.45) is 11.3 Å². The molecule has 0 aromatic heterocycles. The van der Waals surface area contributed by atoms with Gasteiger partial charge in [-0.25, -0.2) is 4.79 Å². The smallest absolute Gasteiger partial charge is 0.407 e. The van der Waals surface area contributed by atoms with Crippen LogP contribution in [0.25, 0.3) is 0 Å². The number of ether oxygens (including phenoxy) is 1. The lowest BCUT2D eigenvalue weighted by Crippen LogP contribution is -2.43. The molecule has 2 atom stereocenters. The average molecular weight is 328 g/mol. The predicted octanol–water partition coefficient (Wildman–Crippen LogP) is 3.07. The minimum absolute atomic E-state index is 0.189. The van der Waals surface area contributed by atoms with Crippen molar-refractivity contribution in [1.29, 1.82) is 0 Å². The lowest BCUT2D eigenvalue weighted by molar-refractivity contribution is 0.0517. The Kier molecular flexibility index (Phi) is 7.81. The first-order valence-electron chi connectivity index (χ1n) is 8.94. The topological polar surface area (TPSA) is 70.6 Å². The number of aliphatic hydroxyl groups is 1. The lowest BCUT2D eigenvalue weighted by atomic mass is 9.87. The van der Waals surface area contributed by atoms with Crippen LogP contribution in [0.3, 0.4) is 0 Å². The van der Waals surface area contributed by atoms with Crippen LogP contribution in [0.5, 0.6) is 0 Å². The maximum Gasteiger partial charge on any atom is 0.407 e. The quantitative estimate of drug-likeness (QED) is 0.640. The van der Waals surface area contributed by atoms with Crippen molar-refractivity contribution in [2.75, 3.05) is 19.7 Å². The van der Waals surface area contributed by atoms with Crippen LogP contribution >= 0.6 is 0 Å². The van der Waals surface area contributed by atoms with Crippen molar-refractivity contribution in [1.82, 2.24) is 10.6 Å². The van der Waals surface area contributed by atoms with Gasteiger partial charge in [0.15, 0.2) is 0 Å². The number of hydrogen-bond acceptors (Lipinski definition) is 4. The van der Waals surface area contributed by atoms with Gasteiger partial charge in [0.05, 0.1) is 0 Å². The monoisotopic (exact) mass is 328 g/mol. The van der Waals surface area contributed by atoms with Gasteiger partial charge in [0, 0.05) is 25.7 Å². The highest BCUT2D eigenvalue weighted by Crippen LogP contribution is 2.27.